The van der Waals surface area contributed by atoms with Crippen LogP contribution in [-0.4, -0.2) is 25.0 Å². The molecule has 0 spiro atoms. The summed E-state index contributed by atoms with van der Waals surface area (Å²) in [5.74, 6) is 2.37. The van der Waals surface area contributed by atoms with Crippen LogP contribution < -0.4 is 9.47 Å². The molecule has 2 nitrogen and oxygen atoms in total. The number of aryl methyl sites for hydroxylation is 1. The van der Waals surface area contributed by atoms with Crippen LogP contribution in [0.25, 0.3) is 10.1 Å². The van der Waals surface area contributed by atoms with Gasteiger partial charge in [-0.15, -0.1) is 34.5 Å². The van der Waals surface area contributed by atoms with Crippen LogP contribution in [0.15, 0.2) is 18.2 Å². The second-order valence-electron chi connectivity index (χ2n) is 3.77. The van der Waals surface area contributed by atoms with Gasteiger partial charge in [0.1, 0.15) is 13.2 Å². The van der Waals surface area contributed by atoms with Gasteiger partial charge in [0.05, 0.1) is 11.8 Å². The van der Waals surface area contributed by atoms with E-state index in [-0.39, 0.29) is 0 Å². The summed E-state index contributed by atoms with van der Waals surface area (Å²) >= 11 is 13.0. The quantitative estimate of drug-likeness (QED) is 0.734. The molecule has 0 bridgehead atoms. The zero-order chi connectivity index (χ0) is 13.0. The summed E-state index contributed by atoms with van der Waals surface area (Å²) in [7, 11) is 0. The predicted octanol–water partition coefficient (Wildman–Crippen LogP) is 4.44. The molecule has 0 fully saturated rings. The SMILES string of the molecule is Cc1cc2cc(OCCCl)c(OCCCl)cc2s1. The molecule has 0 saturated carbocycles. The average molecular weight is 305 g/mol. The Morgan fingerprint density at radius 3 is 2.22 bits per heavy atom. The summed E-state index contributed by atoms with van der Waals surface area (Å²) in [5.41, 5.74) is 0. The monoisotopic (exact) mass is 304 g/mol. The number of thiophene rings is 1. The fourth-order valence-corrected chi connectivity index (χ4v) is 2.79. The standard InChI is InChI=1S/C13H14Cl2O2S/c1-9-6-10-7-11(16-4-2-14)12(17-5-3-15)8-13(10)18-9/h6-8H,2-5H2,1H3. The number of halogens is 2. The van der Waals surface area contributed by atoms with E-state index in [1.54, 1.807) is 11.3 Å². The maximum Gasteiger partial charge on any atom is 0.162 e. The normalized spacial score (nSPS) is 10.8. The molecule has 18 heavy (non-hydrogen) atoms. The molecule has 2 aromatic rings. The maximum atomic E-state index is 5.65. The van der Waals surface area contributed by atoms with Crippen molar-refractivity contribution in [3.63, 3.8) is 0 Å². The number of alkyl halides is 2. The first-order valence-corrected chi connectivity index (χ1v) is 7.55. The predicted molar refractivity (Wildman–Crippen MR) is 79.0 cm³/mol. The van der Waals surface area contributed by atoms with Gasteiger partial charge in [0, 0.05) is 15.6 Å². The van der Waals surface area contributed by atoms with Crippen molar-refractivity contribution in [3.05, 3.63) is 23.1 Å². The minimum absolute atomic E-state index is 0.454. The molecule has 0 amide bonds. The lowest BCUT2D eigenvalue weighted by Crippen LogP contribution is -2.03. The first-order valence-electron chi connectivity index (χ1n) is 5.66. The number of benzene rings is 1. The molecule has 5 heteroatoms. The Hall–Kier alpha value is -0.640. The van der Waals surface area contributed by atoms with Crippen LogP contribution in [0.2, 0.25) is 0 Å². The van der Waals surface area contributed by atoms with E-state index in [4.69, 9.17) is 32.7 Å². The fraction of sp³-hybridized carbons (Fsp3) is 0.385. The Morgan fingerprint density at radius 2 is 1.61 bits per heavy atom. The van der Waals surface area contributed by atoms with E-state index in [1.807, 2.05) is 12.1 Å². The molecule has 2 rings (SSSR count). The molecule has 0 aliphatic heterocycles. The first kappa shape index (κ1) is 13.8. The summed E-state index contributed by atoms with van der Waals surface area (Å²) in [6.45, 7) is 3.02. The molecule has 0 aliphatic rings. The summed E-state index contributed by atoms with van der Waals surface area (Å²) in [4.78, 5) is 1.27. The Morgan fingerprint density at radius 1 is 1.00 bits per heavy atom. The highest BCUT2D eigenvalue weighted by atomic mass is 35.5. The van der Waals surface area contributed by atoms with E-state index in [2.05, 4.69) is 13.0 Å². The van der Waals surface area contributed by atoms with Gasteiger partial charge in [0.2, 0.25) is 0 Å². The zero-order valence-electron chi connectivity index (χ0n) is 10.0. The van der Waals surface area contributed by atoms with Gasteiger partial charge in [-0.3, -0.25) is 0 Å². The van der Waals surface area contributed by atoms with Crippen LogP contribution in [0, 0.1) is 6.92 Å². The lowest BCUT2D eigenvalue weighted by Gasteiger charge is -2.11. The molecule has 0 radical (unpaired) electrons. The summed E-state index contributed by atoms with van der Waals surface area (Å²) in [6.07, 6.45) is 0. The van der Waals surface area contributed by atoms with E-state index >= 15 is 0 Å². The molecule has 0 N–H and O–H groups in total. The van der Waals surface area contributed by atoms with E-state index in [0.29, 0.717) is 25.0 Å². The number of fused-ring (bicyclic) bond motifs is 1. The summed E-state index contributed by atoms with van der Waals surface area (Å²) in [6, 6.07) is 6.14. The Kier molecular flexibility index (Phi) is 4.98. The molecule has 0 atom stereocenters. The van der Waals surface area contributed by atoms with Gasteiger partial charge in [0.15, 0.2) is 11.5 Å². The van der Waals surface area contributed by atoms with Crippen LogP contribution in [0.4, 0.5) is 0 Å². The molecular weight excluding hydrogens is 291 g/mol. The minimum atomic E-state index is 0.454. The Bertz CT molecular complexity index is 480. The van der Waals surface area contributed by atoms with Crippen LogP contribution in [-0.2, 0) is 0 Å². The number of rotatable bonds is 6. The fourth-order valence-electron chi connectivity index (χ4n) is 1.70. The van der Waals surface area contributed by atoms with Crippen LogP contribution >= 0.6 is 34.5 Å². The average Bonchev–Trinajstić information content (AvgIpc) is 2.72. The van der Waals surface area contributed by atoms with Crippen molar-refractivity contribution in [1.29, 1.82) is 0 Å². The lowest BCUT2D eigenvalue weighted by molar-refractivity contribution is 0.291. The van der Waals surface area contributed by atoms with E-state index in [1.165, 1.54) is 15.0 Å². The highest BCUT2D eigenvalue weighted by Gasteiger charge is 2.09. The van der Waals surface area contributed by atoms with Crippen molar-refractivity contribution in [2.75, 3.05) is 25.0 Å². The van der Waals surface area contributed by atoms with Gasteiger partial charge in [-0.25, -0.2) is 0 Å². The highest BCUT2D eigenvalue weighted by Crippen LogP contribution is 2.36. The van der Waals surface area contributed by atoms with Crippen LogP contribution in [0.5, 0.6) is 11.5 Å². The maximum absolute atomic E-state index is 5.65. The second kappa shape index (κ2) is 6.50. The van der Waals surface area contributed by atoms with Crippen molar-refractivity contribution >= 4 is 44.6 Å². The largest absolute Gasteiger partial charge is 0.488 e. The number of hydrogen-bond acceptors (Lipinski definition) is 3. The van der Waals surface area contributed by atoms with Crippen molar-refractivity contribution in [2.45, 2.75) is 6.92 Å². The molecule has 0 unspecified atom stereocenters. The van der Waals surface area contributed by atoms with Crippen molar-refractivity contribution in [3.8, 4) is 11.5 Å². The van der Waals surface area contributed by atoms with Gasteiger partial charge in [-0.1, -0.05) is 0 Å². The smallest absolute Gasteiger partial charge is 0.162 e. The summed E-state index contributed by atoms with van der Waals surface area (Å²) < 4.78 is 12.4. The second-order valence-corrected chi connectivity index (χ2v) is 5.81. The third-order valence-corrected chi connectivity index (χ3v) is 3.70. The third kappa shape index (κ3) is 3.22. The molecule has 1 heterocycles. The lowest BCUT2D eigenvalue weighted by atomic mass is 10.2. The molecule has 98 valence electrons. The number of hydrogen-bond donors (Lipinski definition) is 0. The van der Waals surface area contributed by atoms with Crippen molar-refractivity contribution in [2.24, 2.45) is 0 Å². The first-order chi connectivity index (χ1) is 8.74. The van der Waals surface area contributed by atoms with Gasteiger partial charge in [-0.05, 0) is 24.4 Å². The molecule has 0 saturated heterocycles. The summed E-state index contributed by atoms with van der Waals surface area (Å²) in [5, 5.41) is 1.17. The highest BCUT2D eigenvalue weighted by molar-refractivity contribution is 7.19. The molecular formula is C13H14Cl2O2S. The van der Waals surface area contributed by atoms with Gasteiger partial charge in [0.25, 0.3) is 0 Å². The van der Waals surface area contributed by atoms with Gasteiger partial charge >= 0.3 is 0 Å². The number of ether oxygens (including phenoxy) is 2. The van der Waals surface area contributed by atoms with Crippen molar-refractivity contribution < 1.29 is 9.47 Å². The van der Waals surface area contributed by atoms with Crippen molar-refractivity contribution in [1.82, 2.24) is 0 Å². The topological polar surface area (TPSA) is 18.5 Å². The van der Waals surface area contributed by atoms with Gasteiger partial charge in [-0.2, -0.15) is 0 Å². The third-order valence-electron chi connectivity index (χ3n) is 2.38. The van der Waals surface area contributed by atoms with E-state index < -0.39 is 0 Å². The molecule has 1 aromatic carbocycles. The van der Waals surface area contributed by atoms with Crippen LogP contribution in [0.3, 0.4) is 0 Å². The Balaban J connectivity index is 2.35. The minimum Gasteiger partial charge on any atom is -0.488 e. The van der Waals surface area contributed by atoms with Crippen LogP contribution in [0.1, 0.15) is 4.88 Å². The van der Waals surface area contributed by atoms with Gasteiger partial charge < -0.3 is 9.47 Å². The molecule has 0 aliphatic carbocycles. The molecule has 1 aromatic heterocycles. The Labute approximate surface area is 120 Å². The van der Waals surface area contributed by atoms with E-state index in [0.717, 1.165) is 11.5 Å². The van der Waals surface area contributed by atoms with E-state index in [9.17, 15) is 0 Å². The zero-order valence-corrected chi connectivity index (χ0v) is 12.4.